The second-order valence-electron chi connectivity index (χ2n) is 3.86. The van der Waals surface area contributed by atoms with Crippen LogP contribution in [0.25, 0.3) is 0 Å². The predicted molar refractivity (Wildman–Crippen MR) is 60.4 cm³/mol. The molecule has 0 saturated carbocycles. The van der Waals surface area contributed by atoms with E-state index in [4.69, 9.17) is 4.74 Å². The van der Waals surface area contributed by atoms with E-state index < -0.39 is 12.7 Å². The molecule has 17 heavy (non-hydrogen) atoms. The molecule has 0 heterocycles. The lowest BCUT2D eigenvalue weighted by atomic mass is 10.1. The first-order valence-corrected chi connectivity index (χ1v) is 5.33. The minimum absolute atomic E-state index is 0.277. The second-order valence-corrected chi connectivity index (χ2v) is 3.86. The van der Waals surface area contributed by atoms with E-state index in [0.717, 1.165) is 11.1 Å². The zero-order valence-electron chi connectivity index (χ0n) is 9.90. The summed E-state index contributed by atoms with van der Waals surface area (Å²) in [7, 11) is 1.55. The molecule has 2 nitrogen and oxygen atoms in total. The Balaban J connectivity index is 2.48. The first-order valence-electron chi connectivity index (χ1n) is 5.33. The van der Waals surface area contributed by atoms with E-state index in [1.54, 1.807) is 7.11 Å². The van der Waals surface area contributed by atoms with Crippen molar-refractivity contribution in [2.75, 3.05) is 20.2 Å². The molecule has 0 saturated heterocycles. The number of methoxy groups -OCH3 is 1. The Hall–Kier alpha value is -1.23. The van der Waals surface area contributed by atoms with Crippen LogP contribution in [0.2, 0.25) is 0 Å². The van der Waals surface area contributed by atoms with Crippen molar-refractivity contribution < 1.29 is 17.9 Å². The van der Waals surface area contributed by atoms with Gasteiger partial charge in [0.15, 0.2) is 0 Å². The fourth-order valence-corrected chi connectivity index (χ4v) is 1.56. The SMILES string of the molecule is COc1ccc(C)cc1CCNCC(F)(F)F. The Morgan fingerprint density at radius 1 is 1.29 bits per heavy atom. The van der Waals surface area contributed by atoms with Crippen LogP contribution < -0.4 is 10.1 Å². The first-order chi connectivity index (χ1) is 7.92. The Labute approximate surface area is 98.8 Å². The van der Waals surface area contributed by atoms with E-state index >= 15 is 0 Å². The summed E-state index contributed by atoms with van der Waals surface area (Å²) in [5.74, 6) is 0.712. The number of alkyl halides is 3. The molecular formula is C12H16F3NO. The number of rotatable bonds is 5. The molecule has 0 radical (unpaired) electrons. The highest BCUT2D eigenvalue weighted by Gasteiger charge is 2.25. The number of aryl methyl sites for hydroxylation is 1. The molecule has 0 aliphatic rings. The highest BCUT2D eigenvalue weighted by atomic mass is 19.4. The zero-order chi connectivity index (χ0) is 12.9. The average Bonchev–Trinajstić information content (AvgIpc) is 2.23. The molecule has 1 rings (SSSR count). The maximum atomic E-state index is 11.9. The number of halogens is 3. The largest absolute Gasteiger partial charge is 0.496 e. The van der Waals surface area contributed by atoms with Crippen LogP contribution in [0.3, 0.4) is 0 Å². The van der Waals surface area contributed by atoms with Gasteiger partial charge in [0.2, 0.25) is 0 Å². The van der Waals surface area contributed by atoms with Gasteiger partial charge in [-0.15, -0.1) is 0 Å². The van der Waals surface area contributed by atoms with Crippen LogP contribution >= 0.6 is 0 Å². The van der Waals surface area contributed by atoms with Gasteiger partial charge in [0.25, 0.3) is 0 Å². The topological polar surface area (TPSA) is 21.3 Å². The molecule has 0 unspecified atom stereocenters. The fraction of sp³-hybridized carbons (Fsp3) is 0.500. The monoisotopic (exact) mass is 247 g/mol. The van der Waals surface area contributed by atoms with Crippen molar-refractivity contribution in [1.82, 2.24) is 5.32 Å². The predicted octanol–water partition coefficient (Wildman–Crippen LogP) is 2.70. The van der Waals surface area contributed by atoms with Gasteiger partial charge in [-0.1, -0.05) is 17.7 Å². The molecule has 1 N–H and O–H groups in total. The van der Waals surface area contributed by atoms with Gasteiger partial charge in [-0.3, -0.25) is 0 Å². The van der Waals surface area contributed by atoms with Crippen LogP contribution in [-0.2, 0) is 6.42 Å². The Morgan fingerprint density at radius 3 is 2.59 bits per heavy atom. The van der Waals surface area contributed by atoms with Crippen LogP contribution in [0.5, 0.6) is 5.75 Å². The van der Waals surface area contributed by atoms with Gasteiger partial charge in [-0.25, -0.2) is 0 Å². The van der Waals surface area contributed by atoms with Crippen molar-refractivity contribution in [2.45, 2.75) is 19.5 Å². The lowest BCUT2D eigenvalue weighted by Crippen LogP contribution is -2.30. The Bertz CT molecular complexity index is 363. The number of hydrogen-bond acceptors (Lipinski definition) is 2. The summed E-state index contributed by atoms with van der Waals surface area (Å²) in [5.41, 5.74) is 1.98. The Morgan fingerprint density at radius 2 is 2.00 bits per heavy atom. The van der Waals surface area contributed by atoms with E-state index in [0.29, 0.717) is 12.2 Å². The molecular weight excluding hydrogens is 231 g/mol. The van der Waals surface area contributed by atoms with E-state index in [-0.39, 0.29) is 6.54 Å². The number of nitrogens with one attached hydrogen (secondary N) is 1. The van der Waals surface area contributed by atoms with Gasteiger partial charge in [-0.2, -0.15) is 13.2 Å². The summed E-state index contributed by atoms with van der Waals surface area (Å²) in [5, 5.41) is 2.36. The summed E-state index contributed by atoms with van der Waals surface area (Å²) in [4.78, 5) is 0. The van der Waals surface area contributed by atoms with Gasteiger partial charge in [-0.05, 0) is 31.5 Å². The molecule has 1 aromatic rings. The number of ether oxygens (including phenoxy) is 1. The third-order valence-corrected chi connectivity index (χ3v) is 2.33. The zero-order valence-corrected chi connectivity index (χ0v) is 9.90. The Kier molecular flexibility index (Phi) is 4.81. The third-order valence-electron chi connectivity index (χ3n) is 2.33. The van der Waals surface area contributed by atoms with Gasteiger partial charge >= 0.3 is 6.18 Å². The van der Waals surface area contributed by atoms with E-state index in [9.17, 15) is 13.2 Å². The van der Waals surface area contributed by atoms with Crippen molar-refractivity contribution in [3.8, 4) is 5.75 Å². The van der Waals surface area contributed by atoms with Gasteiger partial charge in [0.1, 0.15) is 5.75 Å². The molecule has 0 aliphatic carbocycles. The number of benzene rings is 1. The highest BCUT2D eigenvalue weighted by molar-refractivity contribution is 5.37. The van der Waals surface area contributed by atoms with Crippen molar-refractivity contribution in [3.05, 3.63) is 29.3 Å². The molecule has 0 atom stereocenters. The summed E-state index contributed by atoms with van der Waals surface area (Å²) >= 11 is 0. The van der Waals surface area contributed by atoms with Crippen molar-refractivity contribution in [1.29, 1.82) is 0 Å². The lowest BCUT2D eigenvalue weighted by molar-refractivity contribution is -0.124. The average molecular weight is 247 g/mol. The lowest BCUT2D eigenvalue weighted by Gasteiger charge is -2.11. The number of hydrogen-bond donors (Lipinski definition) is 1. The quantitative estimate of drug-likeness (QED) is 0.808. The van der Waals surface area contributed by atoms with Crippen LogP contribution in [0.15, 0.2) is 18.2 Å². The van der Waals surface area contributed by atoms with Gasteiger partial charge in [0.05, 0.1) is 13.7 Å². The van der Waals surface area contributed by atoms with Gasteiger partial charge in [0, 0.05) is 0 Å². The molecule has 1 aromatic carbocycles. The van der Waals surface area contributed by atoms with E-state index in [1.165, 1.54) is 0 Å². The standard InChI is InChI=1S/C12H16F3NO/c1-9-3-4-11(17-2)10(7-9)5-6-16-8-12(13,14)15/h3-4,7,16H,5-6,8H2,1-2H3. The molecule has 0 bridgehead atoms. The second kappa shape index (κ2) is 5.91. The fourth-order valence-electron chi connectivity index (χ4n) is 1.56. The van der Waals surface area contributed by atoms with Crippen LogP contribution in [0, 0.1) is 6.92 Å². The van der Waals surface area contributed by atoms with Gasteiger partial charge < -0.3 is 10.1 Å². The molecule has 5 heteroatoms. The molecule has 0 spiro atoms. The first kappa shape index (κ1) is 13.8. The van der Waals surface area contributed by atoms with E-state index in [1.807, 2.05) is 25.1 Å². The van der Waals surface area contributed by atoms with Crippen molar-refractivity contribution >= 4 is 0 Å². The third kappa shape index (κ3) is 5.08. The minimum Gasteiger partial charge on any atom is -0.496 e. The molecule has 0 amide bonds. The molecule has 96 valence electrons. The van der Waals surface area contributed by atoms with Crippen LogP contribution in [0.1, 0.15) is 11.1 Å². The van der Waals surface area contributed by atoms with Crippen molar-refractivity contribution in [3.63, 3.8) is 0 Å². The summed E-state index contributed by atoms with van der Waals surface area (Å²) < 4.78 is 40.9. The van der Waals surface area contributed by atoms with E-state index in [2.05, 4.69) is 5.32 Å². The molecule has 0 fully saturated rings. The van der Waals surface area contributed by atoms with Crippen LogP contribution in [0.4, 0.5) is 13.2 Å². The molecule has 0 aromatic heterocycles. The summed E-state index contributed by atoms with van der Waals surface area (Å²) in [6.07, 6.45) is -3.64. The normalized spacial score (nSPS) is 11.6. The maximum absolute atomic E-state index is 11.9. The summed E-state index contributed by atoms with van der Waals surface area (Å²) in [6, 6.07) is 5.66. The molecule has 0 aliphatic heterocycles. The minimum atomic E-state index is -4.16. The summed E-state index contributed by atoms with van der Waals surface area (Å²) in [6.45, 7) is 1.26. The van der Waals surface area contributed by atoms with Crippen molar-refractivity contribution in [2.24, 2.45) is 0 Å². The maximum Gasteiger partial charge on any atom is 0.401 e. The smallest absolute Gasteiger partial charge is 0.401 e. The van der Waals surface area contributed by atoms with Crippen LogP contribution in [-0.4, -0.2) is 26.4 Å². The highest BCUT2D eigenvalue weighted by Crippen LogP contribution is 2.20.